The molecule has 0 aromatic heterocycles. The van der Waals surface area contributed by atoms with Gasteiger partial charge >= 0.3 is 7.60 Å². The number of carbonyl (C=O) groups excluding carboxylic acids is 1. The standard InChI is InChI=1S/C19H20ClN2O4P/c1-3-25-27(24,26-4-2)13-14-5-7-15(8-6-14)19(23)22-18-10-9-17(20)11-16(18)12-21/h5-11H,3-4,13H2,1-2H3,(H,22,23). The number of nitrogens with zero attached hydrogens (tertiary/aromatic N) is 1. The minimum absolute atomic E-state index is 0.131. The van der Waals surface area contributed by atoms with Crippen LogP contribution in [0.4, 0.5) is 5.69 Å². The molecular weight excluding hydrogens is 387 g/mol. The molecule has 0 saturated heterocycles. The molecule has 27 heavy (non-hydrogen) atoms. The van der Waals surface area contributed by atoms with Crippen LogP contribution in [0.25, 0.3) is 0 Å². The van der Waals surface area contributed by atoms with Crippen molar-refractivity contribution < 1.29 is 18.4 Å². The molecule has 0 aliphatic carbocycles. The van der Waals surface area contributed by atoms with Crippen LogP contribution < -0.4 is 5.32 Å². The van der Waals surface area contributed by atoms with Gasteiger partial charge in [-0.3, -0.25) is 9.36 Å². The van der Waals surface area contributed by atoms with Crippen LogP contribution in [0, 0.1) is 11.3 Å². The molecule has 1 amide bonds. The van der Waals surface area contributed by atoms with Crippen molar-refractivity contribution in [2.24, 2.45) is 0 Å². The monoisotopic (exact) mass is 406 g/mol. The highest BCUT2D eigenvalue weighted by atomic mass is 35.5. The van der Waals surface area contributed by atoms with Crippen LogP contribution in [-0.2, 0) is 19.8 Å². The molecule has 142 valence electrons. The summed E-state index contributed by atoms with van der Waals surface area (Å²) in [6.45, 7) is 4.09. The number of halogens is 1. The lowest BCUT2D eigenvalue weighted by molar-refractivity contribution is 0.102. The van der Waals surface area contributed by atoms with Gasteiger partial charge in [-0.25, -0.2) is 0 Å². The maximum Gasteiger partial charge on any atom is 0.335 e. The molecule has 0 unspecified atom stereocenters. The summed E-state index contributed by atoms with van der Waals surface area (Å²) in [5, 5.41) is 12.3. The molecule has 0 bridgehead atoms. The number of benzene rings is 2. The first-order valence-electron chi connectivity index (χ1n) is 8.39. The third-order valence-corrected chi connectivity index (χ3v) is 5.88. The van der Waals surface area contributed by atoms with Crippen LogP contribution in [0.1, 0.15) is 35.3 Å². The summed E-state index contributed by atoms with van der Waals surface area (Å²) in [5.41, 5.74) is 1.80. The molecule has 0 radical (unpaired) electrons. The maximum atomic E-state index is 12.6. The number of nitrogens with one attached hydrogen (secondary N) is 1. The normalized spacial score (nSPS) is 11.0. The van der Waals surface area contributed by atoms with Gasteiger partial charge in [-0.2, -0.15) is 5.26 Å². The van der Waals surface area contributed by atoms with Gasteiger partial charge in [-0.1, -0.05) is 23.7 Å². The summed E-state index contributed by atoms with van der Waals surface area (Å²) in [6.07, 6.45) is 0.131. The molecular formula is C19H20ClN2O4P. The van der Waals surface area contributed by atoms with E-state index in [1.807, 2.05) is 6.07 Å². The SMILES string of the molecule is CCOP(=O)(Cc1ccc(C(=O)Nc2ccc(Cl)cc2C#N)cc1)OCC. The Morgan fingerprint density at radius 3 is 2.33 bits per heavy atom. The highest BCUT2D eigenvalue weighted by molar-refractivity contribution is 7.53. The maximum absolute atomic E-state index is 12.6. The third kappa shape index (κ3) is 5.92. The zero-order valence-corrected chi connectivity index (χ0v) is 16.7. The molecule has 0 fully saturated rings. The Hall–Kier alpha value is -2.16. The Morgan fingerprint density at radius 1 is 1.15 bits per heavy atom. The minimum Gasteiger partial charge on any atom is -0.321 e. The predicted molar refractivity (Wildman–Crippen MR) is 105 cm³/mol. The van der Waals surface area contributed by atoms with Crippen LogP contribution in [0.2, 0.25) is 5.02 Å². The summed E-state index contributed by atoms with van der Waals surface area (Å²) in [7, 11) is -3.20. The van der Waals surface area contributed by atoms with E-state index in [0.717, 1.165) is 5.56 Å². The van der Waals surface area contributed by atoms with E-state index in [9.17, 15) is 9.36 Å². The molecule has 1 N–H and O–H groups in total. The molecule has 2 aromatic rings. The topological polar surface area (TPSA) is 88.4 Å². The van der Waals surface area contributed by atoms with Crippen molar-refractivity contribution in [2.45, 2.75) is 20.0 Å². The molecule has 0 saturated carbocycles. The van der Waals surface area contributed by atoms with E-state index in [4.69, 9.17) is 25.9 Å². The summed E-state index contributed by atoms with van der Waals surface area (Å²) in [4.78, 5) is 12.4. The molecule has 0 heterocycles. The molecule has 2 aromatic carbocycles. The lowest BCUT2D eigenvalue weighted by atomic mass is 10.1. The number of rotatable bonds is 8. The van der Waals surface area contributed by atoms with E-state index in [2.05, 4.69) is 5.32 Å². The van der Waals surface area contributed by atoms with Crippen LogP contribution in [0.3, 0.4) is 0 Å². The van der Waals surface area contributed by atoms with Gasteiger partial charge in [0, 0.05) is 10.6 Å². The van der Waals surface area contributed by atoms with Gasteiger partial charge in [0.1, 0.15) is 6.07 Å². The Kier molecular flexibility index (Phi) is 7.58. The molecule has 0 atom stereocenters. The highest BCUT2D eigenvalue weighted by Crippen LogP contribution is 2.51. The van der Waals surface area contributed by atoms with E-state index in [-0.39, 0.29) is 17.6 Å². The average molecular weight is 407 g/mol. The van der Waals surface area contributed by atoms with E-state index in [1.165, 1.54) is 6.07 Å². The van der Waals surface area contributed by atoms with Crippen LogP contribution in [0.5, 0.6) is 0 Å². The average Bonchev–Trinajstić information content (AvgIpc) is 2.64. The van der Waals surface area contributed by atoms with E-state index in [1.54, 1.807) is 50.2 Å². The predicted octanol–water partition coefficient (Wildman–Crippen LogP) is 5.23. The fourth-order valence-electron chi connectivity index (χ4n) is 2.42. The highest BCUT2D eigenvalue weighted by Gasteiger charge is 2.24. The first-order chi connectivity index (χ1) is 12.9. The smallest absolute Gasteiger partial charge is 0.321 e. The van der Waals surface area contributed by atoms with Crippen molar-refractivity contribution in [3.63, 3.8) is 0 Å². The molecule has 0 aliphatic rings. The van der Waals surface area contributed by atoms with E-state index in [0.29, 0.717) is 29.5 Å². The van der Waals surface area contributed by atoms with Crippen LogP contribution in [0.15, 0.2) is 42.5 Å². The van der Waals surface area contributed by atoms with E-state index < -0.39 is 7.60 Å². The number of carbonyl (C=O) groups is 1. The second-order valence-corrected chi connectivity index (χ2v) is 8.05. The lowest BCUT2D eigenvalue weighted by Gasteiger charge is -2.17. The number of hydrogen-bond donors (Lipinski definition) is 1. The summed E-state index contributed by atoms with van der Waals surface area (Å²) in [5.74, 6) is -0.363. The van der Waals surface area contributed by atoms with Gasteiger partial charge in [-0.05, 0) is 49.7 Å². The summed E-state index contributed by atoms with van der Waals surface area (Å²) >= 11 is 5.86. The van der Waals surface area contributed by atoms with Gasteiger partial charge in [0.2, 0.25) is 0 Å². The van der Waals surface area contributed by atoms with Crippen molar-refractivity contribution in [1.29, 1.82) is 5.26 Å². The van der Waals surface area contributed by atoms with Gasteiger partial charge < -0.3 is 14.4 Å². The van der Waals surface area contributed by atoms with Crippen LogP contribution >= 0.6 is 19.2 Å². The largest absolute Gasteiger partial charge is 0.335 e. The van der Waals surface area contributed by atoms with Gasteiger partial charge in [0.25, 0.3) is 5.91 Å². The third-order valence-electron chi connectivity index (χ3n) is 3.59. The second-order valence-electron chi connectivity index (χ2n) is 5.56. The Balaban J connectivity index is 2.12. The zero-order valence-electron chi connectivity index (χ0n) is 15.1. The van der Waals surface area contributed by atoms with Crippen molar-refractivity contribution in [1.82, 2.24) is 0 Å². The fourth-order valence-corrected chi connectivity index (χ4v) is 4.29. The quantitative estimate of drug-likeness (QED) is 0.606. The van der Waals surface area contributed by atoms with Crippen molar-refractivity contribution in [3.05, 3.63) is 64.2 Å². The van der Waals surface area contributed by atoms with Crippen LogP contribution in [-0.4, -0.2) is 19.1 Å². The molecule has 0 spiro atoms. The zero-order chi connectivity index (χ0) is 19.9. The van der Waals surface area contributed by atoms with Gasteiger partial charge in [0.15, 0.2) is 0 Å². The first kappa shape index (κ1) is 21.1. The Labute approximate surface area is 163 Å². The molecule has 0 aliphatic heterocycles. The Bertz CT molecular complexity index is 884. The number of hydrogen-bond acceptors (Lipinski definition) is 5. The number of anilines is 1. The number of nitriles is 1. The Morgan fingerprint density at radius 2 is 1.78 bits per heavy atom. The second kappa shape index (κ2) is 9.68. The van der Waals surface area contributed by atoms with Gasteiger partial charge in [-0.15, -0.1) is 0 Å². The molecule has 2 rings (SSSR count). The van der Waals surface area contributed by atoms with Crippen molar-refractivity contribution in [3.8, 4) is 6.07 Å². The first-order valence-corrected chi connectivity index (χ1v) is 10.5. The van der Waals surface area contributed by atoms with Gasteiger partial charge in [0.05, 0.1) is 30.6 Å². The summed E-state index contributed by atoms with van der Waals surface area (Å²) in [6, 6.07) is 13.3. The van der Waals surface area contributed by atoms with E-state index >= 15 is 0 Å². The molecule has 6 nitrogen and oxygen atoms in total. The summed E-state index contributed by atoms with van der Waals surface area (Å²) < 4.78 is 23.1. The van der Waals surface area contributed by atoms with Crippen molar-refractivity contribution >= 4 is 30.8 Å². The minimum atomic E-state index is -3.20. The lowest BCUT2D eigenvalue weighted by Crippen LogP contribution is -2.13. The number of amides is 1. The van der Waals surface area contributed by atoms with Crippen molar-refractivity contribution in [2.75, 3.05) is 18.5 Å². The fraction of sp³-hybridized carbons (Fsp3) is 0.263. The molecule has 8 heteroatoms.